The van der Waals surface area contributed by atoms with Crippen LogP contribution in [0, 0.1) is 0 Å². The Morgan fingerprint density at radius 2 is 1.87 bits per heavy atom. The van der Waals surface area contributed by atoms with E-state index in [2.05, 4.69) is 37.2 Å². The van der Waals surface area contributed by atoms with Gasteiger partial charge in [0.15, 0.2) is 0 Å². The molecule has 84 valence electrons. The van der Waals surface area contributed by atoms with Crippen molar-refractivity contribution in [2.45, 2.75) is 12.8 Å². The normalized spacial score (nSPS) is 10.3. The third-order valence-electron chi connectivity index (χ3n) is 1.99. The lowest BCUT2D eigenvalue weighted by Crippen LogP contribution is -2.09. The summed E-state index contributed by atoms with van der Waals surface area (Å²) in [4.78, 5) is 0. The smallest absolute Gasteiger partial charge is 0.147 e. The van der Waals surface area contributed by atoms with E-state index in [1.807, 2.05) is 25.2 Å². The second-order valence-corrected chi connectivity index (χ2v) is 4.92. The maximum atomic E-state index is 5.69. The number of nitrogens with one attached hydrogen (secondary N) is 1. The van der Waals surface area contributed by atoms with Gasteiger partial charge < -0.3 is 10.1 Å². The minimum Gasteiger partial charge on any atom is -0.491 e. The van der Waals surface area contributed by atoms with Crippen molar-refractivity contribution in [1.82, 2.24) is 5.32 Å². The number of para-hydroxylation sites is 1. The van der Waals surface area contributed by atoms with Crippen LogP contribution in [0.25, 0.3) is 0 Å². The molecular formula is C11H15Br2NO. The minimum absolute atomic E-state index is 0.753. The molecule has 0 aliphatic carbocycles. The zero-order chi connectivity index (χ0) is 11.1. The fourth-order valence-electron chi connectivity index (χ4n) is 1.20. The molecule has 0 aliphatic heterocycles. The van der Waals surface area contributed by atoms with Crippen LogP contribution in [0.3, 0.4) is 0 Å². The highest BCUT2D eigenvalue weighted by Gasteiger charge is 2.04. The van der Waals surface area contributed by atoms with Crippen molar-refractivity contribution in [3.63, 3.8) is 0 Å². The summed E-state index contributed by atoms with van der Waals surface area (Å²) < 4.78 is 7.67. The summed E-state index contributed by atoms with van der Waals surface area (Å²) in [5.74, 6) is 0.891. The minimum atomic E-state index is 0.753. The molecule has 0 fully saturated rings. The number of rotatable bonds is 6. The number of unbranched alkanes of at least 4 members (excludes halogenated alkanes) is 1. The molecule has 2 nitrogen and oxygen atoms in total. The maximum absolute atomic E-state index is 5.69. The topological polar surface area (TPSA) is 21.3 Å². The van der Waals surface area contributed by atoms with Crippen LogP contribution in [0.2, 0.25) is 0 Å². The van der Waals surface area contributed by atoms with E-state index in [1.165, 1.54) is 0 Å². The third kappa shape index (κ3) is 4.53. The van der Waals surface area contributed by atoms with E-state index in [9.17, 15) is 0 Å². The Bertz CT molecular complexity index is 284. The molecule has 4 heteroatoms. The molecule has 0 saturated heterocycles. The van der Waals surface area contributed by atoms with Gasteiger partial charge in [-0.3, -0.25) is 0 Å². The van der Waals surface area contributed by atoms with Crippen molar-refractivity contribution in [3.8, 4) is 5.75 Å². The maximum Gasteiger partial charge on any atom is 0.147 e. The van der Waals surface area contributed by atoms with Gasteiger partial charge in [-0.25, -0.2) is 0 Å². The van der Waals surface area contributed by atoms with E-state index >= 15 is 0 Å². The van der Waals surface area contributed by atoms with Crippen LogP contribution >= 0.6 is 31.9 Å². The molecule has 0 atom stereocenters. The van der Waals surface area contributed by atoms with Crippen molar-refractivity contribution in [2.24, 2.45) is 0 Å². The fourth-order valence-corrected chi connectivity index (χ4v) is 2.43. The summed E-state index contributed by atoms with van der Waals surface area (Å²) in [6, 6.07) is 5.93. The first kappa shape index (κ1) is 13.0. The summed E-state index contributed by atoms with van der Waals surface area (Å²) in [7, 11) is 1.96. The van der Waals surface area contributed by atoms with Crippen LogP contribution in [-0.2, 0) is 0 Å². The molecule has 1 aromatic carbocycles. The summed E-state index contributed by atoms with van der Waals surface area (Å²) in [5.41, 5.74) is 0. The predicted molar refractivity (Wildman–Crippen MR) is 70.5 cm³/mol. The van der Waals surface area contributed by atoms with E-state index in [0.29, 0.717) is 0 Å². The lowest BCUT2D eigenvalue weighted by Gasteiger charge is -2.09. The Labute approximate surface area is 108 Å². The van der Waals surface area contributed by atoms with Gasteiger partial charge in [0.05, 0.1) is 15.6 Å². The molecule has 15 heavy (non-hydrogen) atoms. The van der Waals surface area contributed by atoms with Crippen molar-refractivity contribution in [3.05, 3.63) is 27.1 Å². The Morgan fingerprint density at radius 1 is 1.20 bits per heavy atom. The van der Waals surface area contributed by atoms with E-state index in [0.717, 1.165) is 40.7 Å². The SMILES string of the molecule is CNCCCCOc1c(Br)cccc1Br. The monoisotopic (exact) mass is 335 g/mol. The summed E-state index contributed by atoms with van der Waals surface area (Å²) in [6.07, 6.45) is 2.20. The molecule has 0 bridgehead atoms. The zero-order valence-electron chi connectivity index (χ0n) is 8.72. The zero-order valence-corrected chi connectivity index (χ0v) is 11.9. The lowest BCUT2D eigenvalue weighted by molar-refractivity contribution is 0.303. The van der Waals surface area contributed by atoms with Gasteiger partial charge in [0.1, 0.15) is 5.75 Å². The van der Waals surface area contributed by atoms with Crippen LogP contribution in [-0.4, -0.2) is 20.2 Å². The van der Waals surface area contributed by atoms with Crippen molar-refractivity contribution in [2.75, 3.05) is 20.2 Å². The highest BCUT2D eigenvalue weighted by Crippen LogP contribution is 2.32. The number of hydrogen-bond acceptors (Lipinski definition) is 2. The lowest BCUT2D eigenvalue weighted by atomic mass is 10.3. The Kier molecular flexibility index (Phi) is 6.29. The van der Waals surface area contributed by atoms with Crippen LogP contribution in [0.15, 0.2) is 27.1 Å². The van der Waals surface area contributed by atoms with Gasteiger partial charge in [-0.05, 0) is 70.4 Å². The van der Waals surface area contributed by atoms with E-state index in [4.69, 9.17) is 4.74 Å². The van der Waals surface area contributed by atoms with Gasteiger partial charge in [-0.1, -0.05) is 6.07 Å². The fraction of sp³-hybridized carbons (Fsp3) is 0.455. The van der Waals surface area contributed by atoms with Gasteiger partial charge >= 0.3 is 0 Å². The number of halogens is 2. The molecule has 0 unspecified atom stereocenters. The van der Waals surface area contributed by atoms with E-state index < -0.39 is 0 Å². The Balaban J connectivity index is 2.37. The molecular weight excluding hydrogens is 322 g/mol. The number of hydrogen-bond donors (Lipinski definition) is 1. The van der Waals surface area contributed by atoms with Crippen molar-refractivity contribution in [1.29, 1.82) is 0 Å². The summed E-state index contributed by atoms with van der Waals surface area (Å²) in [5, 5.41) is 3.12. The highest BCUT2D eigenvalue weighted by molar-refractivity contribution is 9.11. The Morgan fingerprint density at radius 3 is 2.47 bits per heavy atom. The molecule has 1 rings (SSSR count). The average molecular weight is 337 g/mol. The summed E-state index contributed by atoms with van der Waals surface area (Å²) >= 11 is 6.93. The molecule has 0 saturated carbocycles. The average Bonchev–Trinajstić information content (AvgIpc) is 2.21. The van der Waals surface area contributed by atoms with Gasteiger partial charge in [-0.2, -0.15) is 0 Å². The molecule has 0 heterocycles. The van der Waals surface area contributed by atoms with Crippen LogP contribution in [0.5, 0.6) is 5.75 Å². The second kappa shape index (κ2) is 7.25. The molecule has 0 aliphatic rings. The molecule has 0 spiro atoms. The first-order chi connectivity index (χ1) is 7.25. The summed E-state index contributed by atoms with van der Waals surface area (Å²) in [6.45, 7) is 1.80. The van der Waals surface area contributed by atoms with Crippen LogP contribution < -0.4 is 10.1 Å². The van der Waals surface area contributed by atoms with Gasteiger partial charge in [0.25, 0.3) is 0 Å². The quantitative estimate of drug-likeness (QED) is 0.801. The molecule has 0 aromatic heterocycles. The molecule has 0 amide bonds. The van der Waals surface area contributed by atoms with E-state index in [-0.39, 0.29) is 0 Å². The number of benzene rings is 1. The predicted octanol–water partition coefficient (Wildman–Crippen LogP) is 3.59. The van der Waals surface area contributed by atoms with Crippen molar-refractivity contribution >= 4 is 31.9 Å². The Hall–Kier alpha value is -0.0600. The van der Waals surface area contributed by atoms with Crippen molar-refractivity contribution < 1.29 is 4.74 Å². The van der Waals surface area contributed by atoms with Crippen LogP contribution in [0.4, 0.5) is 0 Å². The van der Waals surface area contributed by atoms with Gasteiger partial charge in [-0.15, -0.1) is 0 Å². The van der Waals surface area contributed by atoms with Gasteiger partial charge in [0.2, 0.25) is 0 Å². The van der Waals surface area contributed by atoms with Crippen LogP contribution in [0.1, 0.15) is 12.8 Å². The highest BCUT2D eigenvalue weighted by atomic mass is 79.9. The van der Waals surface area contributed by atoms with Gasteiger partial charge in [0, 0.05) is 0 Å². The molecule has 1 N–H and O–H groups in total. The molecule has 1 aromatic rings. The number of ether oxygens (including phenoxy) is 1. The molecule has 0 radical (unpaired) electrons. The van der Waals surface area contributed by atoms with E-state index in [1.54, 1.807) is 0 Å². The standard InChI is InChI=1S/C11H15Br2NO/c1-14-7-2-3-8-15-11-9(12)5-4-6-10(11)13/h4-6,14H,2-3,7-8H2,1H3. The first-order valence-electron chi connectivity index (χ1n) is 4.97. The first-order valence-corrected chi connectivity index (χ1v) is 6.55. The second-order valence-electron chi connectivity index (χ2n) is 3.21. The third-order valence-corrected chi connectivity index (χ3v) is 3.24. The largest absolute Gasteiger partial charge is 0.491 e.